The van der Waals surface area contributed by atoms with Gasteiger partial charge in [0.15, 0.2) is 0 Å². The molecular formula is C27H20O3. The Morgan fingerprint density at radius 3 is 1.97 bits per heavy atom. The molecule has 0 N–H and O–H groups in total. The van der Waals surface area contributed by atoms with Crippen molar-refractivity contribution in [1.29, 1.82) is 0 Å². The fourth-order valence-electron chi connectivity index (χ4n) is 3.31. The average Bonchev–Trinajstić information content (AvgIpc) is 2.82. The van der Waals surface area contributed by atoms with E-state index in [1.807, 2.05) is 84.9 Å². The lowest BCUT2D eigenvalue weighted by Crippen LogP contribution is -2.09. The molecule has 0 unspecified atom stereocenters. The van der Waals surface area contributed by atoms with Crippen LogP contribution in [0.25, 0.3) is 10.8 Å². The van der Waals surface area contributed by atoms with Gasteiger partial charge in [0.1, 0.15) is 24.5 Å². The van der Waals surface area contributed by atoms with Crippen molar-refractivity contribution >= 4 is 16.7 Å². The van der Waals surface area contributed by atoms with Gasteiger partial charge in [0.2, 0.25) is 0 Å². The maximum absolute atomic E-state index is 13.0. The van der Waals surface area contributed by atoms with Crippen molar-refractivity contribution < 1.29 is 14.3 Å². The molecule has 146 valence electrons. The Morgan fingerprint density at radius 1 is 0.767 bits per heavy atom. The molecule has 0 fully saturated rings. The van der Waals surface area contributed by atoms with E-state index in [9.17, 15) is 4.79 Å². The number of terminal acetylenes is 1. The van der Waals surface area contributed by atoms with Crippen molar-refractivity contribution in [3.05, 3.63) is 113 Å². The molecule has 0 atom stereocenters. The van der Waals surface area contributed by atoms with Gasteiger partial charge in [0.05, 0.1) is 0 Å². The second-order valence-electron chi connectivity index (χ2n) is 6.83. The van der Waals surface area contributed by atoms with Crippen LogP contribution in [-0.2, 0) is 18.0 Å². The predicted molar refractivity (Wildman–Crippen MR) is 118 cm³/mol. The second kappa shape index (κ2) is 8.98. The van der Waals surface area contributed by atoms with Gasteiger partial charge in [0.25, 0.3) is 0 Å². The molecule has 0 radical (unpaired) electrons. The summed E-state index contributed by atoms with van der Waals surface area (Å²) in [6, 6.07) is 28.7. The normalized spacial score (nSPS) is 10.4. The van der Waals surface area contributed by atoms with Gasteiger partial charge in [-0.25, -0.2) is 4.79 Å². The highest BCUT2D eigenvalue weighted by Gasteiger charge is 2.20. The van der Waals surface area contributed by atoms with E-state index in [2.05, 4.69) is 5.92 Å². The van der Waals surface area contributed by atoms with Crippen LogP contribution in [0.5, 0.6) is 5.75 Å². The standard InChI is InChI=1S/C27H20O3/c1-2-22-17-25(27(28)30-19-21-13-7-4-8-14-21)26(24-16-10-9-15-23(22)24)29-18-20-11-5-3-6-12-20/h1,3-17H,18-19H2. The van der Waals surface area contributed by atoms with Crippen molar-refractivity contribution in [2.75, 3.05) is 0 Å². The summed E-state index contributed by atoms with van der Waals surface area (Å²) in [4.78, 5) is 13.0. The Bertz CT molecular complexity index is 1210. The van der Waals surface area contributed by atoms with Crippen LogP contribution in [0.2, 0.25) is 0 Å². The monoisotopic (exact) mass is 392 g/mol. The summed E-state index contributed by atoms with van der Waals surface area (Å²) in [5.74, 6) is 2.69. The molecule has 0 aliphatic heterocycles. The maximum Gasteiger partial charge on any atom is 0.342 e. The number of hydrogen-bond donors (Lipinski definition) is 0. The molecule has 0 saturated heterocycles. The number of hydrogen-bond acceptors (Lipinski definition) is 3. The topological polar surface area (TPSA) is 35.5 Å². The number of benzene rings is 4. The molecule has 0 aromatic heterocycles. The third-order valence-corrected chi connectivity index (χ3v) is 4.81. The highest BCUT2D eigenvalue weighted by molar-refractivity contribution is 6.03. The Labute approximate surface area is 175 Å². The molecule has 3 heteroatoms. The van der Waals surface area contributed by atoms with Gasteiger partial charge in [-0.1, -0.05) is 90.8 Å². The van der Waals surface area contributed by atoms with Gasteiger partial charge in [0, 0.05) is 16.3 Å². The zero-order valence-electron chi connectivity index (χ0n) is 16.4. The Hall–Kier alpha value is -4.03. The third kappa shape index (κ3) is 4.19. The summed E-state index contributed by atoms with van der Waals surface area (Å²) in [7, 11) is 0. The van der Waals surface area contributed by atoms with Crippen molar-refractivity contribution in [1.82, 2.24) is 0 Å². The number of carbonyl (C=O) groups excluding carboxylic acids is 1. The van der Waals surface area contributed by atoms with Crippen LogP contribution in [0.4, 0.5) is 0 Å². The van der Waals surface area contributed by atoms with Gasteiger partial charge < -0.3 is 9.47 Å². The smallest absolute Gasteiger partial charge is 0.342 e. The molecular weight excluding hydrogens is 372 g/mol. The van der Waals surface area contributed by atoms with Crippen molar-refractivity contribution in [3.63, 3.8) is 0 Å². The van der Waals surface area contributed by atoms with E-state index in [0.717, 1.165) is 21.9 Å². The lowest BCUT2D eigenvalue weighted by atomic mass is 9.99. The summed E-state index contributed by atoms with van der Waals surface area (Å²) in [6.45, 7) is 0.509. The van der Waals surface area contributed by atoms with E-state index < -0.39 is 5.97 Å². The number of ether oxygens (including phenoxy) is 2. The summed E-state index contributed by atoms with van der Waals surface area (Å²) in [5, 5.41) is 1.65. The van der Waals surface area contributed by atoms with Crippen LogP contribution in [0.3, 0.4) is 0 Å². The molecule has 0 saturated carbocycles. The van der Waals surface area contributed by atoms with Crippen molar-refractivity contribution in [2.45, 2.75) is 13.2 Å². The Balaban J connectivity index is 1.71. The minimum Gasteiger partial charge on any atom is -0.487 e. The van der Waals surface area contributed by atoms with Crippen molar-refractivity contribution in [3.8, 4) is 18.1 Å². The fourth-order valence-corrected chi connectivity index (χ4v) is 3.31. The lowest BCUT2D eigenvalue weighted by molar-refractivity contribution is 0.0468. The first-order valence-electron chi connectivity index (χ1n) is 9.66. The molecule has 0 heterocycles. The van der Waals surface area contributed by atoms with Crippen LogP contribution < -0.4 is 4.74 Å². The molecule has 0 spiro atoms. The number of fused-ring (bicyclic) bond motifs is 1. The number of carbonyl (C=O) groups is 1. The van der Waals surface area contributed by atoms with Gasteiger partial charge in [-0.15, -0.1) is 6.42 Å². The van der Waals surface area contributed by atoms with E-state index >= 15 is 0 Å². The summed E-state index contributed by atoms with van der Waals surface area (Å²) >= 11 is 0. The van der Waals surface area contributed by atoms with Gasteiger partial charge in [-0.3, -0.25) is 0 Å². The number of esters is 1. The van der Waals surface area contributed by atoms with Crippen LogP contribution in [0.15, 0.2) is 91.0 Å². The SMILES string of the molecule is C#Cc1cc(C(=O)OCc2ccccc2)c(OCc2ccccc2)c2ccccc12. The van der Waals surface area contributed by atoms with Gasteiger partial charge in [-0.05, 0) is 17.2 Å². The largest absolute Gasteiger partial charge is 0.487 e. The molecule has 4 aromatic rings. The molecule has 30 heavy (non-hydrogen) atoms. The van der Waals surface area contributed by atoms with Crippen LogP contribution in [-0.4, -0.2) is 5.97 Å². The first kappa shape index (κ1) is 19.3. The predicted octanol–water partition coefficient (Wildman–Crippen LogP) is 5.76. The summed E-state index contributed by atoms with van der Waals surface area (Å²) in [5.41, 5.74) is 2.87. The van der Waals surface area contributed by atoms with Crippen LogP contribution in [0, 0.1) is 12.3 Å². The van der Waals surface area contributed by atoms with Crippen LogP contribution >= 0.6 is 0 Å². The molecule has 3 nitrogen and oxygen atoms in total. The quantitative estimate of drug-likeness (QED) is 0.309. The molecule has 0 amide bonds. The minimum atomic E-state index is -0.468. The number of rotatable bonds is 6. The van der Waals surface area contributed by atoms with E-state index in [-0.39, 0.29) is 6.61 Å². The van der Waals surface area contributed by atoms with Gasteiger partial charge >= 0.3 is 5.97 Å². The van der Waals surface area contributed by atoms with Crippen molar-refractivity contribution in [2.24, 2.45) is 0 Å². The Kier molecular flexibility index (Phi) is 5.78. The molecule has 0 aliphatic carbocycles. The fraction of sp³-hybridized carbons (Fsp3) is 0.0741. The lowest BCUT2D eigenvalue weighted by Gasteiger charge is -2.16. The zero-order valence-corrected chi connectivity index (χ0v) is 16.4. The van der Waals surface area contributed by atoms with E-state index in [1.165, 1.54) is 0 Å². The van der Waals surface area contributed by atoms with Gasteiger partial charge in [-0.2, -0.15) is 0 Å². The molecule has 4 aromatic carbocycles. The van der Waals surface area contributed by atoms with E-state index in [0.29, 0.717) is 23.5 Å². The molecule has 4 rings (SSSR count). The minimum absolute atomic E-state index is 0.177. The summed E-state index contributed by atoms with van der Waals surface area (Å²) < 4.78 is 11.7. The highest BCUT2D eigenvalue weighted by Crippen LogP contribution is 2.34. The first-order chi connectivity index (χ1) is 14.8. The zero-order chi connectivity index (χ0) is 20.8. The summed E-state index contributed by atoms with van der Waals surface area (Å²) in [6.07, 6.45) is 5.72. The third-order valence-electron chi connectivity index (χ3n) is 4.81. The molecule has 0 bridgehead atoms. The second-order valence-corrected chi connectivity index (χ2v) is 6.83. The molecule has 0 aliphatic rings. The maximum atomic E-state index is 13.0. The van der Waals surface area contributed by atoms with E-state index in [1.54, 1.807) is 6.07 Å². The van der Waals surface area contributed by atoms with Crippen LogP contribution in [0.1, 0.15) is 27.0 Å². The Morgan fingerprint density at radius 2 is 1.33 bits per heavy atom. The van der Waals surface area contributed by atoms with E-state index in [4.69, 9.17) is 15.9 Å². The first-order valence-corrected chi connectivity index (χ1v) is 9.66. The highest BCUT2D eigenvalue weighted by atomic mass is 16.5. The average molecular weight is 392 g/mol.